The first-order chi connectivity index (χ1) is 8.61. The van der Waals surface area contributed by atoms with Crippen LogP contribution in [0, 0.1) is 0 Å². The van der Waals surface area contributed by atoms with E-state index >= 15 is 0 Å². The predicted molar refractivity (Wildman–Crippen MR) is 72.6 cm³/mol. The number of aromatic nitrogens is 2. The van der Waals surface area contributed by atoms with E-state index in [0.29, 0.717) is 11.6 Å². The van der Waals surface area contributed by atoms with Gasteiger partial charge in [0.1, 0.15) is 18.1 Å². The highest BCUT2D eigenvalue weighted by atomic mass is 79.9. The number of rotatable bonds is 4. The maximum absolute atomic E-state index is 9.18. The third-order valence-corrected chi connectivity index (χ3v) is 3.67. The minimum Gasteiger partial charge on any atom is -0.487 e. The number of benzene rings is 1. The molecule has 0 spiro atoms. The normalized spacial score (nSPS) is 10.7. The zero-order valence-electron chi connectivity index (χ0n) is 9.73. The van der Waals surface area contributed by atoms with Crippen molar-refractivity contribution in [1.29, 1.82) is 0 Å². The molecule has 0 atom stereocenters. The van der Waals surface area contributed by atoms with Gasteiger partial charge < -0.3 is 9.84 Å². The van der Waals surface area contributed by atoms with E-state index < -0.39 is 0 Å². The van der Waals surface area contributed by atoms with E-state index in [1.165, 1.54) is 0 Å². The molecule has 0 fully saturated rings. The van der Waals surface area contributed by atoms with Gasteiger partial charge in [0, 0.05) is 12.1 Å². The molecular weight excluding hydrogens is 320 g/mol. The Kier molecular flexibility index (Phi) is 4.27. The van der Waals surface area contributed by atoms with Crippen LogP contribution in [-0.4, -0.2) is 14.9 Å². The van der Waals surface area contributed by atoms with E-state index in [9.17, 15) is 5.11 Å². The second-order valence-corrected chi connectivity index (χ2v) is 4.96. The van der Waals surface area contributed by atoms with Crippen LogP contribution < -0.4 is 4.74 Å². The fraction of sp³-hybridized carbons (Fsp3) is 0.250. The topological polar surface area (TPSA) is 47.3 Å². The fourth-order valence-corrected chi connectivity index (χ4v) is 2.24. The summed E-state index contributed by atoms with van der Waals surface area (Å²) in [7, 11) is 1.78. The highest BCUT2D eigenvalue weighted by Gasteiger charge is 2.13. The average molecular weight is 332 g/mol. The highest BCUT2D eigenvalue weighted by Crippen LogP contribution is 2.23. The van der Waals surface area contributed by atoms with Crippen LogP contribution in [0.1, 0.15) is 11.4 Å². The minimum atomic E-state index is -0.0645. The van der Waals surface area contributed by atoms with Crippen molar-refractivity contribution in [2.45, 2.75) is 13.2 Å². The van der Waals surface area contributed by atoms with Crippen molar-refractivity contribution in [2.24, 2.45) is 7.05 Å². The van der Waals surface area contributed by atoms with Crippen molar-refractivity contribution >= 4 is 27.5 Å². The number of hydrogen-bond acceptors (Lipinski definition) is 3. The van der Waals surface area contributed by atoms with Gasteiger partial charge in [-0.1, -0.05) is 11.6 Å². The average Bonchev–Trinajstić information content (AvgIpc) is 2.63. The van der Waals surface area contributed by atoms with Gasteiger partial charge in [-0.05, 0) is 40.2 Å². The van der Waals surface area contributed by atoms with Crippen LogP contribution in [0.2, 0.25) is 5.02 Å². The number of aliphatic hydroxyl groups excluding tert-OH is 1. The van der Waals surface area contributed by atoms with Gasteiger partial charge in [-0.2, -0.15) is 5.10 Å². The van der Waals surface area contributed by atoms with Crippen molar-refractivity contribution in [3.8, 4) is 5.75 Å². The number of aliphatic hydroxyl groups is 1. The summed E-state index contributed by atoms with van der Waals surface area (Å²) in [5.74, 6) is 0.725. The molecule has 0 amide bonds. The van der Waals surface area contributed by atoms with E-state index in [-0.39, 0.29) is 6.61 Å². The predicted octanol–water partition coefficient (Wildman–Crippen LogP) is 2.91. The molecule has 6 heteroatoms. The lowest BCUT2D eigenvalue weighted by molar-refractivity contribution is 0.270. The SMILES string of the molecule is Cn1nc(COc2ccc(Cl)cc2)c(Br)c1CO. The Morgan fingerprint density at radius 2 is 2.06 bits per heavy atom. The maximum Gasteiger partial charge on any atom is 0.133 e. The molecule has 0 unspecified atom stereocenters. The van der Waals surface area contributed by atoms with Gasteiger partial charge in [0.2, 0.25) is 0 Å². The molecule has 2 rings (SSSR count). The summed E-state index contributed by atoms with van der Waals surface area (Å²) in [6, 6.07) is 7.13. The number of hydrogen-bond donors (Lipinski definition) is 1. The van der Waals surface area contributed by atoms with Crippen molar-refractivity contribution in [2.75, 3.05) is 0 Å². The Balaban J connectivity index is 2.08. The summed E-state index contributed by atoms with van der Waals surface area (Å²) in [6.07, 6.45) is 0. The van der Waals surface area contributed by atoms with Crippen molar-refractivity contribution in [3.63, 3.8) is 0 Å². The molecular formula is C12H12BrClN2O2. The molecule has 18 heavy (non-hydrogen) atoms. The lowest BCUT2D eigenvalue weighted by atomic mass is 10.3. The molecule has 0 saturated carbocycles. The zero-order valence-corrected chi connectivity index (χ0v) is 12.1. The summed E-state index contributed by atoms with van der Waals surface area (Å²) in [5, 5.41) is 14.1. The summed E-state index contributed by atoms with van der Waals surface area (Å²) >= 11 is 9.19. The van der Waals surface area contributed by atoms with Crippen LogP contribution in [0.15, 0.2) is 28.7 Å². The van der Waals surface area contributed by atoms with E-state index in [0.717, 1.165) is 21.6 Å². The largest absolute Gasteiger partial charge is 0.487 e. The lowest BCUT2D eigenvalue weighted by Gasteiger charge is -2.04. The first kappa shape index (κ1) is 13.4. The van der Waals surface area contributed by atoms with Gasteiger partial charge in [-0.25, -0.2) is 0 Å². The standard InChI is InChI=1S/C12H12BrClN2O2/c1-16-11(6-17)12(13)10(15-16)7-18-9-4-2-8(14)3-5-9/h2-5,17H,6-7H2,1H3. The van der Waals surface area contributed by atoms with Gasteiger partial charge >= 0.3 is 0 Å². The Morgan fingerprint density at radius 1 is 1.39 bits per heavy atom. The van der Waals surface area contributed by atoms with E-state index in [1.54, 1.807) is 36.0 Å². The van der Waals surface area contributed by atoms with Gasteiger partial charge in [-0.15, -0.1) is 0 Å². The summed E-state index contributed by atoms with van der Waals surface area (Å²) in [6.45, 7) is 0.265. The van der Waals surface area contributed by atoms with Crippen LogP contribution in [0.25, 0.3) is 0 Å². The zero-order chi connectivity index (χ0) is 13.1. The van der Waals surface area contributed by atoms with Crippen molar-refractivity contribution < 1.29 is 9.84 Å². The van der Waals surface area contributed by atoms with Crippen LogP contribution >= 0.6 is 27.5 Å². The summed E-state index contributed by atoms with van der Waals surface area (Å²) in [5.41, 5.74) is 1.47. The Bertz CT molecular complexity index is 540. The molecule has 0 radical (unpaired) electrons. The molecule has 0 saturated heterocycles. The molecule has 2 aromatic rings. The second kappa shape index (κ2) is 5.73. The molecule has 1 heterocycles. The lowest BCUT2D eigenvalue weighted by Crippen LogP contribution is -1.99. The quantitative estimate of drug-likeness (QED) is 0.937. The number of ether oxygens (including phenoxy) is 1. The molecule has 0 aliphatic carbocycles. The number of aryl methyl sites for hydroxylation is 1. The molecule has 0 aliphatic rings. The molecule has 96 valence electrons. The van der Waals surface area contributed by atoms with Crippen LogP contribution in [-0.2, 0) is 20.3 Å². The smallest absolute Gasteiger partial charge is 0.133 e. The van der Waals surface area contributed by atoms with Crippen molar-refractivity contribution in [1.82, 2.24) is 9.78 Å². The van der Waals surface area contributed by atoms with Gasteiger partial charge in [-0.3, -0.25) is 4.68 Å². The highest BCUT2D eigenvalue weighted by molar-refractivity contribution is 9.10. The molecule has 1 aromatic heterocycles. The Labute approximate surface area is 118 Å². The maximum atomic E-state index is 9.18. The molecule has 1 aromatic carbocycles. The summed E-state index contributed by atoms with van der Waals surface area (Å²) in [4.78, 5) is 0. The van der Waals surface area contributed by atoms with E-state index in [4.69, 9.17) is 16.3 Å². The summed E-state index contributed by atoms with van der Waals surface area (Å²) < 4.78 is 8.00. The van der Waals surface area contributed by atoms with Crippen LogP contribution in [0.5, 0.6) is 5.75 Å². The molecule has 0 aliphatic heterocycles. The first-order valence-corrected chi connectivity index (χ1v) is 6.48. The Hall–Kier alpha value is -1.04. The Morgan fingerprint density at radius 3 is 2.61 bits per heavy atom. The first-order valence-electron chi connectivity index (χ1n) is 5.31. The van der Waals surface area contributed by atoms with Gasteiger partial charge in [0.15, 0.2) is 0 Å². The molecule has 4 nitrogen and oxygen atoms in total. The van der Waals surface area contributed by atoms with Gasteiger partial charge in [0.25, 0.3) is 0 Å². The minimum absolute atomic E-state index is 0.0645. The van der Waals surface area contributed by atoms with Crippen LogP contribution in [0.4, 0.5) is 0 Å². The number of nitrogens with zero attached hydrogens (tertiary/aromatic N) is 2. The van der Waals surface area contributed by atoms with E-state index in [1.807, 2.05) is 0 Å². The molecule has 0 bridgehead atoms. The third kappa shape index (κ3) is 2.85. The van der Waals surface area contributed by atoms with Gasteiger partial charge in [0.05, 0.1) is 16.8 Å². The fourth-order valence-electron chi connectivity index (χ4n) is 1.54. The second-order valence-electron chi connectivity index (χ2n) is 3.73. The monoisotopic (exact) mass is 330 g/mol. The number of halogens is 2. The van der Waals surface area contributed by atoms with Crippen molar-refractivity contribution in [3.05, 3.63) is 45.1 Å². The molecule has 1 N–H and O–H groups in total. The van der Waals surface area contributed by atoms with Crippen LogP contribution in [0.3, 0.4) is 0 Å². The van der Waals surface area contributed by atoms with E-state index in [2.05, 4.69) is 21.0 Å². The third-order valence-electron chi connectivity index (χ3n) is 2.51.